The highest BCUT2D eigenvalue weighted by Crippen LogP contribution is 2.15. The Morgan fingerprint density at radius 3 is 3.05 bits per heavy atom. The molecule has 0 saturated heterocycles. The van der Waals surface area contributed by atoms with Gasteiger partial charge in [-0.15, -0.1) is 0 Å². The molecule has 1 aromatic heterocycles. The smallest absolute Gasteiger partial charge is 0.216 e. The summed E-state index contributed by atoms with van der Waals surface area (Å²) in [5, 5.41) is 3.97. The van der Waals surface area contributed by atoms with Gasteiger partial charge in [0.15, 0.2) is 0 Å². The molecule has 0 fully saturated rings. The monoisotopic (exact) mass is 288 g/mol. The van der Waals surface area contributed by atoms with E-state index in [9.17, 15) is 4.39 Å². The van der Waals surface area contributed by atoms with Gasteiger partial charge in [-0.05, 0) is 43.4 Å². The Morgan fingerprint density at radius 2 is 2.24 bits per heavy atom. The second kappa shape index (κ2) is 8.88. The summed E-state index contributed by atoms with van der Waals surface area (Å²) in [7, 11) is 0. The maximum absolute atomic E-state index is 11.8. The number of nitrogens with zero attached hydrogens (tertiary/aromatic N) is 2. The molecule has 1 heterocycles. The molecule has 21 heavy (non-hydrogen) atoms. The molecule has 0 aliphatic heterocycles. The van der Waals surface area contributed by atoms with Gasteiger partial charge in [0.05, 0.1) is 12.3 Å². The Hall–Kier alpha value is -2.19. The van der Waals surface area contributed by atoms with Crippen molar-refractivity contribution in [1.82, 2.24) is 4.98 Å². The van der Waals surface area contributed by atoms with Crippen LogP contribution in [0.3, 0.4) is 0 Å². The van der Waals surface area contributed by atoms with Crippen LogP contribution in [-0.2, 0) is 9.57 Å². The van der Waals surface area contributed by atoms with Gasteiger partial charge in [0.2, 0.25) is 6.79 Å². The van der Waals surface area contributed by atoms with Gasteiger partial charge in [-0.2, -0.15) is 0 Å². The number of pyridine rings is 1. The van der Waals surface area contributed by atoms with Crippen LogP contribution in [0.25, 0.3) is 0 Å². The molecule has 2 rings (SSSR count). The SMILES string of the molecule is FCCOCO/N=C1/C=C(C#Cc2ccccn2)CCC1. The summed E-state index contributed by atoms with van der Waals surface area (Å²) in [6.45, 7) is -0.523. The largest absolute Gasteiger partial charge is 0.367 e. The molecule has 5 heteroatoms. The lowest BCUT2D eigenvalue weighted by atomic mass is 9.98. The maximum atomic E-state index is 11.8. The quantitative estimate of drug-likeness (QED) is 0.362. The van der Waals surface area contributed by atoms with E-state index in [0.717, 1.165) is 36.2 Å². The normalized spacial score (nSPS) is 16.0. The molecule has 0 amide bonds. The van der Waals surface area contributed by atoms with Gasteiger partial charge in [0.1, 0.15) is 12.4 Å². The number of oxime groups is 1. The summed E-state index contributed by atoms with van der Waals surface area (Å²) < 4.78 is 16.6. The molecule has 110 valence electrons. The van der Waals surface area contributed by atoms with E-state index in [-0.39, 0.29) is 13.4 Å². The van der Waals surface area contributed by atoms with Gasteiger partial charge in [-0.25, -0.2) is 9.37 Å². The van der Waals surface area contributed by atoms with Crippen molar-refractivity contribution in [1.29, 1.82) is 0 Å². The van der Waals surface area contributed by atoms with Crippen LogP contribution < -0.4 is 0 Å². The van der Waals surface area contributed by atoms with Crippen LogP contribution in [0.5, 0.6) is 0 Å². The third-order valence-electron chi connectivity index (χ3n) is 2.78. The molecule has 1 aliphatic carbocycles. The van der Waals surface area contributed by atoms with E-state index in [1.807, 2.05) is 24.3 Å². The molecule has 0 atom stereocenters. The van der Waals surface area contributed by atoms with Crippen LogP contribution >= 0.6 is 0 Å². The summed E-state index contributed by atoms with van der Waals surface area (Å²) in [6.07, 6.45) is 6.40. The molecule has 0 saturated carbocycles. The summed E-state index contributed by atoms with van der Waals surface area (Å²) in [5.41, 5.74) is 2.59. The zero-order valence-electron chi connectivity index (χ0n) is 11.7. The highest BCUT2D eigenvalue weighted by atomic mass is 19.1. The van der Waals surface area contributed by atoms with E-state index < -0.39 is 6.67 Å². The number of hydrogen-bond acceptors (Lipinski definition) is 4. The van der Waals surface area contributed by atoms with Gasteiger partial charge in [-0.1, -0.05) is 17.1 Å². The predicted octanol–water partition coefficient (Wildman–Crippen LogP) is 2.86. The van der Waals surface area contributed by atoms with Crippen molar-refractivity contribution >= 4 is 5.71 Å². The summed E-state index contributed by atoms with van der Waals surface area (Å²) in [6, 6.07) is 5.64. The first kappa shape index (κ1) is 15.2. The first-order valence-electron chi connectivity index (χ1n) is 6.84. The molecule has 4 nitrogen and oxygen atoms in total. The Bertz CT molecular complexity index is 559. The second-order valence-electron chi connectivity index (χ2n) is 4.41. The molecular formula is C16H17FN2O2. The molecule has 0 spiro atoms. The van der Waals surface area contributed by atoms with Crippen molar-refractivity contribution < 1.29 is 14.0 Å². The molecular weight excluding hydrogens is 271 g/mol. The fourth-order valence-electron chi connectivity index (χ4n) is 1.82. The number of hydrogen-bond donors (Lipinski definition) is 0. The molecule has 0 bridgehead atoms. The summed E-state index contributed by atoms with van der Waals surface area (Å²) >= 11 is 0. The van der Waals surface area contributed by atoms with Crippen molar-refractivity contribution in [3.63, 3.8) is 0 Å². The minimum Gasteiger partial charge on any atom is -0.367 e. The zero-order valence-corrected chi connectivity index (χ0v) is 11.7. The van der Waals surface area contributed by atoms with Gasteiger partial charge in [0.25, 0.3) is 0 Å². The Kier molecular flexibility index (Phi) is 6.43. The fourth-order valence-corrected chi connectivity index (χ4v) is 1.82. The van der Waals surface area contributed by atoms with Gasteiger partial charge in [-0.3, -0.25) is 0 Å². The van der Waals surface area contributed by atoms with E-state index >= 15 is 0 Å². The van der Waals surface area contributed by atoms with Crippen LogP contribution in [-0.4, -0.2) is 30.8 Å². The molecule has 1 aromatic rings. The number of rotatable bonds is 5. The third kappa shape index (κ3) is 5.76. The molecule has 0 unspecified atom stereocenters. The van der Waals surface area contributed by atoms with Crippen molar-refractivity contribution in [2.45, 2.75) is 19.3 Å². The van der Waals surface area contributed by atoms with Crippen molar-refractivity contribution in [2.24, 2.45) is 5.16 Å². The number of halogens is 1. The van der Waals surface area contributed by atoms with E-state index in [1.54, 1.807) is 6.20 Å². The zero-order chi connectivity index (χ0) is 14.8. The minimum absolute atomic E-state index is 0.0293. The van der Waals surface area contributed by atoms with Crippen LogP contribution in [0.1, 0.15) is 25.0 Å². The second-order valence-corrected chi connectivity index (χ2v) is 4.41. The average Bonchev–Trinajstić information content (AvgIpc) is 2.54. The number of alkyl halides is 1. The number of allylic oxidation sites excluding steroid dienone is 2. The Morgan fingerprint density at radius 1 is 1.29 bits per heavy atom. The highest BCUT2D eigenvalue weighted by Gasteiger charge is 2.07. The van der Waals surface area contributed by atoms with Gasteiger partial charge >= 0.3 is 0 Å². The van der Waals surface area contributed by atoms with Gasteiger partial charge < -0.3 is 9.57 Å². The third-order valence-corrected chi connectivity index (χ3v) is 2.78. The van der Waals surface area contributed by atoms with Crippen molar-refractivity contribution in [2.75, 3.05) is 20.1 Å². The predicted molar refractivity (Wildman–Crippen MR) is 78.4 cm³/mol. The standard InChI is InChI=1S/C16H17FN2O2/c17-9-11-20-13-21-19-16-6-3-4-14(12-16)7-8-15-5-1-2-10-18-15/h1-2,5,10,12H,3-4,6,9,11,13H2/b19-16+. The topological polar surface area (TPSA) is 43.7 Å². The van der Waals surface area contributed by atoms with E-state index in [4.69, 9.17) is 9.57 Å². The highest BCUT2D eigenvalue weighted by molar-refractivity contribution is 5.96. The van der Waals surface area contributed by atoms with E-state index in [0.29, 0.717) is 0 Å². The van der Waals surface area contributed by atoms with E-state index in [1.165, 1.54) is 0 Å². The molecule has 0 radical (unpaired) electrons. The lowest BCUT2D eigenvalue weighted by Gasteiger charge is -2.09. The first-order valence-corrected chi connectivity index (χ1v) is 6.84. The first-order chi connectivity index (χ1) is 10.4. The van der Waals surface area contributed by atoms with Crippen LogP contribution in [0, 0.1) is 11.8 Å². The minimum atomic E-state index is -0.521. The van der Waals surface area contributed by atoms with Crippen molar-refractivity contribution in [3.05, 3.63) is 41.7 Å². The van der Waals surface area contributed by atoms with Crippen LogP contribution in [0.15, 0.2) is 41.2 Å². The lowest BCUT2D eigenvalue weighted by molar-refractivity contribution is -0.0553. The molecule has 0 N–H and O–H groups in total. The van der Waals surface area contributed by atoms with Crippen LogP contribution in [0.4, 0.5) is 4.39 Å². The van der Waals surface area contributed by atoms with Crippen LogP contribution in [0.2, 0.25) is 0 Å². The lowest BCUT2D eigenvalue weighted by Crippen LogP contribution is -2.05. The Balaban J connectivity index is 1.91. The fraction of sp³-hybridized carbons (Fsp3) is 0.375. The molecule has 1 aliphatic rings. The number of aromatic nitrogens is 1. The summed E-state index contributed by atoms with van der Waals surface area (Å²) in [4.78, 5) is 9.14. The number of ether oxygens (including phenoxy) is 1. The van der Waals surface area contributed by atoms with Crippen molar-refractivity contribution in [3.8, 4) is 11.8 Å². The summed E-state index contributed by atoms with van der Waals surface area (Å²) in [5.74, 6) is 6.14. The van der Waals surface area contributed by atoms with Gasteiger partial charge in [0, 0.05) is 11.8 Å². The van der Waals surface area contributed by atoms with E-state index in [2.05, 4.69) is 22.0 Å². The molecule has 0 aromatic carbocycles. The Labute approximate surface area is 123 Å². The maximum Gasteiger partial charge on any atom is 0.216 e. The average molecular weight is 288 g/mol.